The molecule has 1 aromatic carbocycles. The van der Waals surface area contributed by atoms with Crippen molar-refractivity contribution in [1.82, 2.24) is 9.97 Å². The van der Waals surface area contributed by atoms with Gasteiger partial charge in [0, 0.05) is 12.1 Å². The lowest BCUT2D eigenvalue weighted by molar-refractivity contribution is 0.373. The van der Waals surface area contributed by atoms with Crippen LogP contribution in [-0.4, -0.2) is 24.2 Å². The summed E-state index contributed by atoms with van der Waals surface area (Å²) in [4.78, 5) is 8.01. The second-order valence-corrected chi connectivity index (χ2v) is 3.83. The Balaban J connectivity index is 2.18. The number of hydrogen-bond donors (Lipinski definition) is 1. The molecule has 0 aliphatic carbocycles. The minimum atomic E-state index is -0.632. The molecule has 0 unspecified atom stereocenters. The SMILES string of the molecule is COc1cc(OC)nc(NCc2c(F)cccc2F)n1. The number of hydrogen-bond acceptors (Lipinski definition) is 5. The molecule has 0 saturated carbocycles. The first-order valence-corrected chi connectivity index (χ1v) is 5.78. The number of benzene rings is 1. The summed E-state index contributed by atoms with van der Waals surface area (Å²) in [5.41, 5.74) is -0.0853. The topological polar surface area (TPSA) is 56.3 Å². The van der Waals surface area contributed by atoms with Crippen molar-refractivity contribution < 1.29 is 18.3 Å². The van der Waals surface area contributed by atoms with Gasteiger partial charge in [0.15, 0.2) is 0 Å². The maximum Gasteiger partial charge on any atom is 0.229 e. The lowest BCUT2D eigenvalue weighted by Crippen LogP contribution is -2.08. The van der Waals surface area contributed by atoms with Crippen LogP contribution < -0.4 is 14.8 Å². The number of methoxy groups -OCH3 is 2. The van der Waals surface area contributed by atoms with Crippen LogP contribution in [0.3, 0.4) is 0 Å². The molecule has 0 bridgehead atoms. The molecule has 2 aromatic rings. The number of halogens is 2. The molecule has 7 heteroatoms. The highest BCUT2D eigenvalue weighted by Gasteiger charge is 2.10. The number of ether oxygens (including phenoxy) is 2. The first-order chi connectivity index (χ1) is 9.63. The van der Waals surface area contributed by atoms with Gasteiger partial charge in [0.25, 0.3) is 0 Å². The quantitative estimate of drug-likeness (QED) is 0.912. The van der Waals surface area contributed by atoms with Crippen LogP contribution in [0.5, 0.6) is 11.8 Å². The van der Waals surface area contributed by atoms with Crippen molar-refractivity contribution in [3.05, 3.63) is 41.5 Å². The molecule has 106 valence electrons. The van der Waals surface area contributed by atoms with Crippen molar-refractivity contribution >= 4 is 5.95 Å². The standard InChI is InChI=1S/C13H13F2N3O2/c1-19-11-6-12(20-2)18-13(17-11)16-7-8-9(14)4-3-5-10(8)15/h3-6H,7H2,1-2H3,(H,16,17,18). The summed E-state index contributed by atoms with van der Waals surface area (Å²) < 4.78 is 36.9. The molecule has 1 aromatic heterocycles. The summed E-state index contributed by atoms with van der Waals surface area (Å²) in [5.74, 6) is -0.537. The Kier molecular flexibility index (Phi) is 4.29. The molecule has 2 rings (SSSR count). The molecule has 0 saturated heterocycles. The van der Waals surface area contributed by atoms with Gasteiger partial charge in [0.2, 0.25) is 17.7 Å². The average molecular weight is 281 g/mol. The summed E-state index contributed by atoms with van der Waals surface area (Å²) in [6, 6.07) is 5.17. The predicted octanol–water partition coefficient (Wildman–Crippen LogP) is 2.38. The summed E-state index contributed by atoms with van der Waals surface area (Å²) in [6.45, 7) is -0.0885. The van der Waals surface area contributed by atoms with Crippen LogP contribution in [0.15, 0.2) is 24.3 Å². The molecule has 0 radical (unpaired) electrons. The van der Waals surface area contributed by atoms with Crippen molar-refractivity contribution in [2.24, 2.45) is 0 Å². The molecule has 1 heterocycles. The first-order valence-electron chi connectivity index (χ1n) is 5.78. The van der Waals surface area contributed by atoms with Crippen molar-refractivity contribution in [3.63, 3.8) is 0 Å². The number of nitrogens with zero attached hydrogens (tertiary/aromatic N) is 2. The molecule has 0 aliphatic heterocycles. The van der Waals surface area contributed by atoms with Crippen molar-refractivity contribution in [3.8, 4) is 11.8 Å². The third kappa shape index (κ3) is 3.11. The summed E-state index contributed by atoms with van der Waals surface area (Å²) in [7, 11) is 2.89. The maximum atomic E-state index is 13.5. The molecule has 20 heavy (non-hydrogen) atoms. The zero-order chi connectivity index (χ0) is 14.5. The lowest BCUT2D eigenvalue weighted by atomic mass is 10.2. The van der Waals surface area contributed by atoms with E-state index >= 15 is 0 Å². The summed E-state index contributed by atoms with van der Waals surface area (Å²) >= 11 is 0. The highest BCUT2D eigenvalue weighted by molar-refractivity contribution is 5.35. The van der Waals surface area contributed by atoms with Crippen LogP contribution in [0.2, 0.25) is 0 Å². The van der Waals surface area contributed by atoms with Gasteiger partial charge in [-0.15, -0.1) is 0 Å². The van der Waals surface area contributed by atoms with E-state index in [1.165, 1.54) is 38.5 Å². The molecule has 0 atom stereocenters. The van der Waals surface area contributed by atoms with E-state index in [0.717, 1.165) is 0 Å². The Hall–Kier alpha value is -2.44. The van der Waals surface area contributed by atoms with Crippen molar-refractivity contribution in [2.75, 3.05) is 19.5 Å². The second-order valence-electron chi connectivity index (χ2n) is 3.83. The van der Waals surface area contributed by atoms with E-state index in [1.807, 2.05) is 0 Å². The fourth-order valence-corrected chi connectivity index (χ4v) is 1.56. The van der Waals surface area contributed by atoms with Gasteiger partial charge in [-0.25, -0.2) is 8.78 Å². The third-order valence-corrected chi connectivity index (χ3v) is 2.58. The number of nitrogens with one attached hydrogen (secondary N) is 1. The maximum absolute atomic E-state index is 13.5. The molecular formula is C13H13F2N3O2. The van der Waals surface area contributed by atoms with Crippen LogP contribution in [0.1, 0.15) is 5.56 Å². The smallest absolute Gasteiger partial charge is 0.229 e. The van der Waals surface area contributed by atoms with Gasteiger partial charge in [-0.05, 0) is 12.1 Å². The van der Waals surface area contributed by atoms with E-state index in [0.29, 0.717) is 0 Å². The van der Waals surface area contributed by atoms with Gasteiger partial charge in [-0.1, -0.05) is 6.07 Å². The predicted molar refractivity (Wildman–Crippen MR) is 68.8 cm³/mol. The number of aromatic nitrogens is 2. The molecular weight excluding hydrogens is 268 g/mol. The van der Waals surface area contributed by atoms with Crippen molar-refractivity contribution in [1.29, 1.82) is 0 Å². The van der Waals surface area contributed by atoms with Gasteiger partial charge in [-0.2, -0.15) is 9.97 Å². The summed E-state index contributed by atoms with van der Waals surface area (Å²) in [5, 5.41) is 2.73. The zero-order valence-electron chi connectivity index (χ0n) is 11.0. The van der Waals surface area contributed by atoms with E-state index in [2.05, 4.69) is 15.3 Å². The molecule has 0 fully saturated rings. The van der Waals surface area contributed by atoms with E-state index < -0.39 is 11.6 Å². The zero-order valence-corrected chi connectivity index (χ0v) is 11.0. The summed E-state index contributed by atoms with van der Waals surface area (Å²) in [6.07, 6.45) is 0. The van der Waals surface area contributed by atoms with E-state index in [-0.39, 0.29) is 29.8 Å². The molecule has 1 N–H and O–H groups in total. The Labute approximate surface area is 114 Å². The largest absolute Gasteiger partial charge is 0.481 e. The average Bonchev–Trinajstić information content (AvgIpc) is 2.46. The third-order valence-electron chi connectivity index (χ3n) is 2.58. The Morgan fingerprint density at radius 1 is 1.05 bits per heavy atom. The molecule has 5 nitrogen and oxygen atoms in total. The highest BCUT2D eigenvalue weighted by Crippen LogP contribution is 2.19. The normalized spacial score (nSPS) is 10.2. The number of rotatable bonds is 5. The molecule has 0 amide bonds. The lowest BCUT2D eigenvalue weighted by Gasteiger charge is -2.09. The van der Waals surface area contributed by atoms with E-state index in [4.69, 9.17) is 9.47 Å². The highest BCUT2D eigenvalue weighted by atomic mass is 19.1. The van der Waals surface area contributed by atoms with Crippen LogP contribution in [0.25, 0.3) is 0 Å². The fraction of sp³-hybridized carbons (Fsp3) is 0.231. The van der Waals surface area contributed by atoms with Crippen LogP contribution in [-0.2, 0) is 6.54 Å². The molecule has 0 aliphatic rings. The Bertz CT molecular complexity index is 566. The fourth-order valence-electron chi connectivity index (χ4n) is 1.56. The van der Waals surface area contributed by atoms with Crippen LogP contribution in [0.4, 0.5) is 14.7 Å². The van der Waals surface area contributed by atoms with Gasteiger partial charge in [0.1, 0.15) is 11.6 Å². The van der Waals surface area contributed by atoms with E-state index in [1.54, 1.807) is 0 Å². The van der Waals surface area contributed by atoms with Crippen molar-refractivity contribution in [2.45, 2.75) is 6.54 Å². The first kappa shape index (κ1) is 14.0. The minimum absolute atomic E-state index is 0.0853. The minimum Gasteiger partial charge on any atom is -0.481 e. The second kappa shape index (κ2) is 6.14. The van der Waals surface area contributed by atoms with Gasteiger partial charge in [0.05, 0.1) is 20.3 Å². The van der Waals surface area contributed by atoms with Crippen LogP contribution in [0, 0.1) is 11.6 Å². The molecule has 0 spiro atoms. The monoisotopic (exact) mass is 281 g/mol. The van der Waals surface area contributed by atoms with Gasteiger partial charge < -0.3 is 14.8 Å². The van der Waals surface area contributed by atoms with Crippen LogP contribution >= 0.6 is 0 Å². The Morgan fingerprint density at radius 2 is 1.60 bits per heavy atom. The van der Waals surface area contributed by atoms with Gasteiger partial charge >= 0.3 is 0 Å². The number of anilines is 1. The van der Waals surface area contributed by atoms with Gasteiger partial charge in [-0.3, -0.25) is 0 Å². The Morgan fingerprint density at radius 3 is 2.10 bits per heavy atom. The van der Waals surface area contributed by atoms with E-state index in [9.17, 15) is 8.78 Å².